The van der Waals surface area contributed by atoms with Crippen molar-refractivity contribution in [3.8, 4) is 0 Å². The Morgan fingerprint density at radius 3 is 2.81 bits per heavy atom. The maximum Gasteiger partial charge on any atom is 0.227 e. The van der Waals surface area contributed by atoms with Crippen molar-refractivity contribution in [2.45, 2.75) is 25.9 Å². The summed E-state index contributed by atoms with van der Waals surface area (Å²) in [5.41, 5.74) is 0. The number of anilines is 2. The summed E-state index contributed by atoms with van der Waals surface area (Å²) in [6, 6.07) is 2.92. The van der Waals surface area contributed by atoms with Gasteiger partial charge in [-0.1, -0.05) is 0 Å². The SMILES string of the molecule is CC(C)Nc1ccnc(N2CCN3CCN(C)C[C@H]3C2)n1. The number of nitrogens with one attached hydrogen (secondary N) is 1. The van der Waals surface area contributed by atoms with Gasteiger partial charge in [0.1, 0.15) is 5.82 Å². The molecule has 1 aromatic heterocycles. The fraction of sp³-hybridized carbons (Fsp3) is 0.733. The van der Waals surface area contributed by atoms with Crippen molar-refractivity contribution in [3.63, 3.8) is 0 Å². The van der Waals surface area contributed by atoms with Crippen LogP contribution in [0.3, 0.4) is 0 Å². The van der Waals surface area contributed by atoms with E-state index in [1.165, 1.54) is 13.1 Å². The van der Waals surface area contributed by atoms with Crippen molar-refractivity contribution in [1.29, 1.82) is 0 Å². The predicted molar refractivity (Wildman–Crippen MR) is 85.9 cm³/mol. The Hall–Kier alpha value is -1.40. The van der Waals surface area contributed by atoms with Crippen LogP contribution in [0.25, 0.3) is 0 Å². The maximum absolute atomic E-state index is 4.66. The lowest BCUT2D eigenvalue weighted by molar-refractivity contribution is 0.0802. The Balaban J connectivity index is 1.69. The topological polar surface area (TPSA) is 47.5 Å². The van der Waals surface area contributed by atoms with E-state index in [0.29, 0.717) is 12.1 Å². The molecule has 6 heteroatoms. The third-order valence-electron chi connectivity index (χ3n) is 4.26. The summed E-state index contributed by atoms with van der Waals surface area (Å²) >= 11 is 0. The first-order valence-electron chi connectivity index (χ1n) is 7.89. The number of hydrogen-bond donors (Lipinski definition) is 1. The van der Waals surface area contributed by atoms with Crippen LogP contribution in [0, 0.1) is 0 Å². The van der Waals surface area contributed by atoms with E-state index in [0.717, 1.165) is 37.9 Å². The lowest BCUT2D eigenvalue weighted by Crippen LogP contribution is -2.61. The van der Waals surface area contributed by atoms with Crippen molar-refractivity contribution in [2.24, 2.45) is 0 Å². The molecular weight excluding hydrogens is 264 g/mol. The molecule has 2 fully saturated rings. The highest BCUT2D eigenvalue weighted by Gasteiger charge is 2.31. The van der Waals surface area contributed by atoms with Gasteiger partial charge in [0.2, 0.25) is 5.95 Å². The van der Waals surface area contributed by atoms with Crippen LogP contribution in [-0.4, -0.2) is 78.2 Å². The molecule has 0 aliphatic carbocycles. The molecule has 0 aromatic carbocycles. The second-order valence-electron chi connectivity index (χ2n) is 6.44. The van der Waals surface area contributed by atoms with Crippen molar-refractivity contribution >= 4 is 11.8 Å². The van der Waals surface area contributed by atoms with Gasteiger partial charge in [-0.25, -0.2) is 4.98 Å². The Bertz CT molecular complexity index is 477. The molecule has 21 heavy (non-hydrogen) atoms. The molecule has 2 aliphatic rings. The van der Waals surface area contributed by atoms with Crippen molar-refractivity contribution < 1.29 is 0 Å². The summed E-state index contributed by atoms with van der Waals surface area (Å²) in [5.74, 6) is 1.77. The molecule has 2 aliphatic heterocycles. The highest BCUT2D eigenvalue weighted by molar-refractivity contribution is 5.42. The number of aromatic nitrogens is 2. The highest BCUT2D eigenvalue weighted by Crippen LogP contribution is 2.19. The minimum atomic E-state index is 0.386. The lowest BCUT2D eigenvalue weighted by atomic mass is 10.1. The average Bonchev–Trinajstić information content (AvgIpc) is 2.46. The fourth-order valence-electron chi connectivity index (χ4n) is 3.17. The number of rotatable bonds is 3. The Labute approximate surface area is 127 Å². The van der Waals surface area contributed by atoms with E-state index in [1.54, 1.807) is 0 Å². The summed E-state index contributed by atoms with van der Waals surface area (Å²) in [6.07, 6.45) is 1.85. The van der Waals surface area contributed by atoms with Gasteiger partial charge in [0, 0.05) is 57.5 Å². The van der Waals surface area contributed by atoms with Crippen LogP contribution in [0.1, 0.15) is 13.8 Å². The number of piperazine rings is 2. The van der Waals surface area contributed by atoms with Gasteiger partial charge in [-0.3, -0.25) is 4.90 Å². The number of fused-ring (bicyclic) bond motifs is 1. The first kappa shape index (κ1) is 14.5. The molecule has 0 saturated carbocycles. The number of likely N-dealkylation sites (N-methyl/N-ethyl adjacent to an activating group) is 1. The second-order valence-corrected chi connectivity index (χ2v) is 6.44. The minimum absolute atomic E-state index is 0.386. The Morgan fingerprint density at radius 2 is 2.00 bits per heavy atom. The molecule has 3 rings (SSSR count). The van der Waals surface area contributed by atoms with Crippen LogP contribution in [0.5, 0.6) is 0 Å². The number of hydrogen-bond acceptors (Lipinski definition) is 6. The monoisotopic (exact) mass is 290 g/mol. The van der Waals surface area contributed by atoms with Gasteiger partial charge >= 0.3 is 0 Å². The van der Waals surface area contributed by atoms with Crippen LogP contribution in [0.4, 0.5) is 11.8 Å². The van der Waals surface area contributed by atoms with Gasteiger partial charge < -0.3 is 15.1 Å². The smallest absolute Gasteiger partial charge is 0.227 e. The molecule has 1 atom stereocenters. The highest BCUT2D eigenvalue weighted by atomic mass is 15.4. The van der Waals surface area contributed by atoms with E-state index in [-0.39, 0.29) is 0 Å². The molecule has 0 amide bonds. The zero-order valence-electron chi connectivity index (χ0n) is 13.3. The maximum atomic E-state index is 4.66. The van der Waals surface area contributed by atoms with Gasteiger partial charge in [0.05, 0.1) is 0 Å². The molecule has 1 aromatic rings. The molecule has 0 radical (unpaired) electrons. The minimum Gasteiger partial charge on any atom is -0.368 e. The second kappa shape index (κ2) is 6.15. The van der Waals surface area contributed by atoms with Crippen LogP contribution >= 0.6 is 0 Å². The molecule has 0 spiro atoms. The average molecular weight is 290 g/mol. The largest absolute Gasteiger partial charge is 0.368 e. The van der Waals surface area contributed by atoms with Gasteiger partial charge in [0.15, 0.2) is 0 Å². The Morgan fingerprint density at radius 1 is 1.19 bits per heavy atom. The first-order valence-corrected chi connectivity index (χ1v) is 7.89. The van der Waals surface area contributed by atoms with Crippen LogP contribution in [-0.2, 0) is 0 Å². The molecule has 0 bridgehead atoms. The zero-order chi connectivity index (χ0) is 14.8. The summed E-state index contributed by atoms with van der Waals surface area (Å²) in [4.78, 5) is 16.5. The molecule has 3 heterocycles. The van der Waals surface area contributed by atoms with Crippen molar-refractivity contribution in [2.75, 3.05) is 56.5 Å². The third-order valence-corrected chi connectivity index (χ3v) is 4.26. The quantitative estimate of drug-likeness (QED) is 0.886. The van der Waals surface area contributed by atoms with Crippen LogP contribution in [0.2, 0.25) is 0 Å². The standard InChI is InChI=1S/C15H26N6/c1-12(2)17-14-4-5-16-15(18-14)21-9-8-20-7-6-19(3)10-13(20)11-21/h4-5,12-13H,6-11H2,1-3H3,(H,16,17,18)/t13-/m0/s1. The third kappa shape index (κ3) is 3.44. The first-order chi connectivity index (χ1) is 10.1. The molecule has 2 saturated heterocycles. The molecule has 6 nitrogen and oxygen atoms in total. The molecular formula is C15H26N6. The van der Waals surface area contributed by atoms with E-state index in [4.69, 9.17) is 0 Å². The van der Waals surface area contributed by atoms with E-state index >= 15 is 0 Å². The van der Waals surface area contributed by atoms with Crippen LogP contribution < -0.4 is 10.2 Å². The molecule has 1 N–H and O–H groups in total. The summed E-state index contributed by atoms with van der Waals surface area (Å²) < 4.78 is 0. The summed E-state index contributed by atoms with van der Waals surface area (Å²) in [6.45, 7) is 10.9. The van der Waals surface area contributed by atoms with Gasteiger partial charge in [-0.15, -0.1) is 0 Å². The molecule has 0 unspecified atom stereocenters. The molecule has 116 valence electrons. The number of nitrogens with zero attached hydrogens (tertiary/aromatic N) is 5. The van der Waals surface area contributed by atoms with Gasteiger partial charge in [-0.2, -0.15) is 4.98 Å². The summed E-state index contributed by atoms with van der Waals surface area (Å²) in [7, 11) is 2.21. The van der Waals surface area contributed by atoms with E-state index in [2.05, 4.69) is 50.9 Å². The Kier molecular flexibility index (Phi) is 4.26. The van der Waals surface area contributed by atoms with Crippen molar-refractivity contribution in [1.82, 2.24) is 19.8 Å². The summed E-state index contributed by atoms with van der Waals surface area (Å²) in [5, 5.41) is 3.35. The van der Waals surface area contributed by atoms with E-state index in [1.807, 2.05) is 12.3 Å². The van der Waals surface area contributed by atoms with Crippen LogP contribution in [0.15, 0.2) is 12.3 Å². The van der Waals surface area contributed by atoms with Gasteiger partial charge in [-0.05, 0) is 27.0 Å². The van der Waals surface area contributed by atoms with E-state index < -0.39 is 0 Å². The fourth-order valence-corrected chi connectivity index (χ4v) is 3.17. The zero-order valence-corrected chi connectivity index (χ0v) is 13.3. The van der Waals surface area contributed by atoms with E-state index in [9.17, 15) is 0 Å². The predicted octanol–water partition coefficient (Wildman–Crippen LogP) is 0.733. The lowest BCUT2D eigenvalue weighted by Gasteiger charge is -2.46. The normalized spacial score (nSPS) is 24.2. The van der Waals surface area contributed by atoms with Crippen molar-refractivity contribution in [3.05, 3.63) is 12.3 Å². The van der Waals surface area contributed by atoms with Gasteiger partial charge in [0.25, 0.3) is 0 Å².